The Hall–Kier alpha value is -3.66. The lowest BCUT2D eigenvalue weighted by molar-refractivity contribution is -0.137. The van der Waals surface area contributed by atoms with Crippen LogP contribution in [0.5, 0.6) is 0 Å². The summed E-state index contributed by atoms with van der Waals surface area (Å²) in [5, 5.41) is 11.4. The van der Waals surface area contributed by atoms with Crippen molar-refractivity contribution in [1.29, 1.82) is 0 Å². The highest BCUT2D eigenvalue weighted by molar-refractivity contribution is 7.17. The van der Waals surface area contributed by atoms with E-state index in [1.54, 1.807) is 29.0 Å². The molecule has 2 N–H and O–H groups in total. The lowest BCUT2D eigenvalue weighted by Crippen LogP contribution is -2.35. The number of rotatable bonds is 6. The summed E-state index contributed by atoms with van der Waals surface area (Å²) in [6.45, 7) is 0.167. The van der Waals surface area contributed by atoms with E-state index in [-0.39, 0.29) is 17.7 Å². The minimum Gasteiger partial charge on any atom is -0.478 e. The zero-order valence-corrected chi connectivity index (χ0v) is 18.8. The monoisotopic (exact) mass is 502 g/mol. The zero-order valence-electron chi connectivity index (χ0n) is 18.0. The second-order valence-electron chi connectivity index (χ2n) is 8.52. The summed E-state index contributed by atoms with van der Waals surface area (Å²) >= 11 is 0.829. The van der Waals surface area contributed by atoms with Crippen LogP contribution < -0.4 is 5.32 Å². The van der Waals surface area contributed by atoms with E-state index in [4.69, 9.17) is 5.11 Å². The molecule has 5 rings (SSSR count). The molecule has 2 aromatic carbocycles. The van der Waals surface area contributed by atoms with Gasteiger partial charge in [0.15, 0.2) is 5.13 Å². The molecular weight excluding hydrogens is 484 g/mol. The van der Waals surface area contributed by atoms with Crippen molar-refractivity contribution in [3.05, 3.63) is 93.7 Å². The van der Waals surface area contributed by atoms with Crippen LogP contribution in [0, 0.1) is 5.13 Å². The maximum absolute atomic E-state index is 14.9. The standard InChI is InChI=1S/C25H18F4N2O3S/c26-21-19(22(32)30-24(10-11-24)16-7-3-15(4-8-16)23(33)34)20-18(35-21)9-12-31(20)13-14-1-5-17(6-2-14)25(27,28)29/h1-9,12H,10-11,13H2,(H,30,32)(H,33,34). The lowest BCUT2D eigenvalue weighted by atomic mass is 10.0. The first-order chi connectivity index (χ1) is 16.6. The van der Waals surface area contributed by atoms with Gasteiger partial charge in [0.05, 0.1) is 26.9 Å². The smallest absolute Gasteiger partial charge is 0.416 e. The predicted molar refractivity (Wildman–Crippen MR) is 122 cm³/mol. The summed E-state index contributed by atoms with van der Waals surface area (Å²) in [6.07, 6.45) is -1.50. The number of benzene rings is 2. The van der Waals surface area contributed by atoms with Gasteiger partial charge in [-0.3, -0.25) is 4.79 Å². The van der Waals surface area contributed by atoms with E-state index in [0.717, 1.165) is 29.0 Å². The summed E-state index contributed by atoms with van der Waals surface area (Å²) in [7, 11) is 0. The average Bonchev–Trinajstić information content (AvgIpc) is 3.38. The number of fused-ring (bicyclic) bond motifs is 1. The van der Waals surface area contributed by atoms with E-state index in [2.05, 4.69) is 5.32 Å². The molecule has 180 valence electrons. The van der Waals surface area contributed by atoms with Gasteiger partial charge >= 0.3 is 12.1 Å². The van der Waals surface area contributed by atoms with Crippen molar-refractivity contribution in [2.24, 2.45) is 0 Å². The number of hydrogen-bond acceptors (Lipinski definition) is 3. The maximum Gasteiger partial charge on any atom is 0.416 e. The Morgan fingerprint density at radius 1 is 1.03 bits per heavy atom. The van der Waals surface area contributed by atoms with Crippen molar-refractivity contribution in [1.82, 2.24) is 9.88 Å². The van der Waals surface area contributed by atoms with Gasteiger partial charge < -0.3 is 15.0 Å². The number of thiophene rings is 1. The molecule has 0 radical (unpaired) electrons. The van der Waals surface area contributed by atoms with Crippen LogP contribution in [0.25, 0.3) is 10.2 Å². The van der Waals surface area contributed by atoms with Crippen molar-refractivity contribution in [2.45, 2.75) is 31.1 Å². The Kier molecular flexibility index (Phi) is 5.43. The van der Waals surface area contributed by atoms with E-state index >= 15 is 0 Å². The number of aromatic carboxylic acids is 1. The molecule has 0 spiro atoms. The highest BCUT2D eigenvalue weighted by atomic mass is 32.1. The van der Waals surface area contributed by atoms with E-state index in [0.29, 0.717) is 28.6 Å². The number of hydrogen-bond donors (Lipinski definition) is 2. The SMILES string of the molecule is O=C(O)c1ccc(C2(NC(=O)c3c(F)sc4ccn(Cc5ccc(C(F)(F)F)cc5)c34)CC2)cc1. The minimum atomic E-state index is -4.44. The van der Waals surface area contributed by atoms with Gasteiger partial charge in [-0.05, 0) is 54.3 Å². The first-order valence-corrected chi connectivity index (χ1v) is 11.5. The quantitative estimate of drug-likeness (QED) is 0.317. The molecule has 35 heavy (non-hydrogen) atoms. The van der Waals surface area contributed by atoms with Gasteiger partial charge in [-0.15, -0.1) is 11.3 Å². The van der Waals surface area contributed by atoms with E-state index in [9.17, 15) is 27.2 Å². The topological polar surface area (TPSA) is 71.3 Å². The molecule has 1 aliphatic rings. The molecule has 5 nitrogen and oxygen atoms in total. The fourth-order valence-corrected chi connectivity index (χ4v) is 5.12. The summed E-state index contributed by atoms with van der Waals surface area (Å²) in [4.78, 5) is 24.3. The molecule has 2 aromatic heterocycles. The van der Waals surface area contributed by atoms with Gasteiger partial charge in [0.25, 0.3) is 5.91 Å². The fraction of sp³-hybridized carbons (Fsp3) is 0.200. The molecule has 2 heterocycles. The molecule has 4 aromatic rings. The van der Waals surface area contributed by atoms with Gasteiger partial charge in [-0.2, -0.15) is 17.6 Å². The minimum absolute atomic E-state index is 0.115. The highest BCUT2D eigenvalue weighted by Crippen LogP contribution is 2.46. The fourth-order valence-electron chi connectivity index (χ4n) is 4.19. The van der Waals surface area contributed by atoms with Gasteiger partial charge in [-0.1, -0.05) is 24.3 Å². The Labute approximate surface area is 200 Å². The number of carboxylic acid groups (broad SMARTS) is 1. The third-order valence-electron chi connectivity index (χ3n) is 6.21. The zero-order chi connectivity index (χ0) is 25.0. The number of amides is 1. The highest BCUT2D eigenvalue weighted by Gasteiger charge is 2.46. The normalized spacial score (nSPS) is 14.7. The van der Waals surface area contributed by atoms with Crippen molar-refractivity contribution < 1.29 is 32.3 Å². The largest absolute Gasteiger partial charge is 0.478 e. The van der Waals surface area contributed by atoms with Gasteiger partial charge in [0.2, 0.25) is 0 Å². The number of nitrogens with one attached hydrogen (secondary N) is 1. The Bertz CT molecular complexity index is 1430. The van der Waals surface area contributed by atoms with Gasteiger partial charge in [-0.25, -0.2) is 4.79 Å². The van der Waals surface area contributed by atoms with Crippen LogP contribution in [0.1, 0.15) is 50.2 Å². The Morgan fingerprint density at radius 2 is 1.69 bits per heavy atom. The van der Waals surface area contributed by atoms with Crippen molar-refractivity contribution in [3.8, 4) is 0 Å². The Balaban J connectivity index is 1.42. The number of alkyl halides is 3. The number of halogens is 4. The third kappa shape index (κ3) is 4.29. The van der Waals surface area contributed by atoms with Crippen molar-refractivity contribution >= 4 is 33.4 Å². The molecule has 0 aliphatic heterocycles. The van der Waals surface area contributed by atoms with Crippen LogP contribution in [0.4, 0.5) is 17.6 Å². The molecular formula is C25H18F4N2O3S. The molecule has 0 bridgehead atoms. The Morgan fingerprint density at radius 3 is 2.26 bits per heavy atom. The first-order valence-electron chi connectivity index (χ1n) is 10.7. The molecule has 1 amide bonds. The maximum atomic E-state index is 14.9. The second kappa shape index (κ2) is 8.23. The van der Waals surface area contributed by atoms with Crippen LogP contribution in [-0.4, -0.2) is 21.6 Å². The molecule has 10 heteroatoms. The van der Waals surface area contributed by atoms with E-state index < -0.39 is 34.3 Å². The molecule has 0 unspecified atom stereocenters. The molecule has 1 saturated carbocycles. The van der Waals surface area contributed by atoms with Crippen molar-refractivity contribution in [3.63, 3.8) is 0 Å². The van der Waals surface area contributed by atoms with Gasteiger partial charge in [0.1, 0.15) is 5.56 Å². The molecule has 0 saturated heterocycles. The van der Waals surface area contributed by atoms with E-state index in [1.165, 1.54) is 24.3 Å². The molecule has 0 atom stereocenters. The summed E-state index contributed by atoms with van der Waals surface area (Å²) in [5.41, 5.74) is 0.250. The van der Waals surface area contributed by atoms with Crippen LogP contribution in [0.3, 0.4) is 0 Å². The number of carbonyl (C=O) groups excluding carboxylic acids is 1. The lowest BCUT2D eigenvalue weighted by Gasteiger charge is -2.18. The molecule has 1 fully saturated rings. The van der Waals surface area contributed by atoms with Crippen LogP contribution in [0.15, 0.2) is 60.8 Å². The predicted octanol–water partition coefficient (Wildman–Crippen LogP) is 6.03. The molecule has 1 aliphatic carbocycles. The van der Waals surface area contributed by atoms with Crippen LogP contribution in [0.2, 0.25) is 0 Å². The number of carboxylic acids is 1. The number of carbonyl (C=O) groups is 2. The third-order valence-corrected chi connectivity index (χ3v) is 7.14. The van der Waals surface area contributed by atoms with Crippen LogP contribution >= 0.6 is 11.3 Å². The summed E-state index contributed by atoms with van der Waals surface area (Å²) < 4.78 is 55.6. The van der Waals surface area contributed by atoms with Crippen molar-refractivity contribution in [2.75, 3.05) is 0 Å². The van der Waals surface area contributed by atoms with Crippen LogP contribution in [-0.2, 0) is 18.3 Å². The number of aromatic nitrogens is 1. The number of nitrogens with zero attached hydrogens (tertiary/aromatic N) is 1. The second-order valence-corrected chi connectivity index (χ2v) is 9.52. The van der Waals surface area contributed by atoms with Gasteiger partial charge in [0, 0.05) is 12.7 Å². The average molecular weight is 502 g/mol. The summed E-state index contributed by atoms with van der Waals surface area (Å²) in [6, 6.07) is 12.6. The summed E-state index contributed by atoms with van der Waals surface area (Å²) in [5.74, 6) is -1.65. The van der Waals surface area contributed by atoms with E-state index in [1.807, 2.05) is 0 Å². The first kappa shape index (κ1) is 23.1.